The van der Waals surface area contributed by atoms with E-state index in [1.807, 2.05) is 57.0 Å². The van der Waals surface area contributed by atoms with E-state index in [1.165, 1.54) is 0 Å². The molecule has 188 valence electrons. The molecule has 4 rings (SSSR count). The minimum atomic E-state index is -0.325. The second-order valence-electron chi connectivity index (χ2n) is 9.40. The van der Waals surface area contributed by atoms with Gasteiger partial charge in [-0.3, -0.25) is 19.5 Å². The van der Waals surface area contributed by atoms with Crippen LogP contribution in [0.15, 0.2) is 67.0 Å². The number of anilines is 1. The SMILES string of the molecule is CC(C)N1C(=O)c2cccc(NC(=O)c3ccncc3)c2OC(CN(C)Cc2ccc(Cl)cc2)[C@H]1C. The maximum atomic E-state index is 13.6. The molecule has 2 aromatic carbocycles. The Morgan fingerprint density at radius 1 is 1.14 bits per heavy atom. The fraction of sp³-hybridized carbons (Fsp3) is 0.321. The number of carbonyl (C=O) groups is 2. The van der Waals surface area contributed by atoms with Crippen LogP contribution in [0.1, 0.15) is 47.1 Å². The predicted octanol–water partition coefficient (Wildman–Crippen LogP) is 5.12. The molecule has 0 spiro atoms. The van der Waals surface area contributed by atoms with Crippen molar-refractivity contribution in [3.63, 3.8) is 0 Å². The lowest BCUT2D eigenvalue weighted by Crippen LogP contribution is -2.51. The quantitative estimate of drug-likeness (QED) is 0.481. The average Bonchev–Trinajstić information content (AvgIpc) is 2.96. The number of amides is 2. The maximum absolute atomic E-state index is 13.6. The van der Waals surface area contributed by atoms with Gasteiger partial charge >= 0.3 is 0 Å². The van der Waals surface area contributed by atoms with Gasteiger partial charge in [0.15, 0.2) is 5.75 Å². The highest BCUT2D eigenvalue weighted by molar-refractivity contribution is 6.30. The van der Waals surface area contributed by atoms with Crippen LogP contribution in [-0.4, -0.2) is 58.4 Å². The summed E-state index contributed by atoms with van der Waals surface area (Å²) in [6.45, 7) is 7.30. The van der Waals surface area contributed by atoms with Gasteiger partial charge in [-0.05, 0) is 69.8 Å². The van der Waals surface area contributed by atoms with Crippen LogP contribution >= 0.6 is 11.6 Å². The Balaban J connectivity index is 1.64. The molecule has 1 aromatic heterocycles. The van der Waals surface area contributed by atoms with Gasteiger partial charge in [0.05, 0.1) is 17.3 Å². The number of pyridine rings is 1. The van der Waals surface area contributed by atoms with E-state index < -0.39 is 0 Å². The molecule has 2 amide bonds. The minimum absolute atomic E-state index is 0.0267. The lowest BCUT2D eigenvalue weighted by Gasteiger charge is -2.36. The maximum Gasteiger partial charge on any atom is 0.258 e. The van der Waals surface area contributed by atoms with Crippen LogP contribution in [0.25, 0.3) is 0 Å². The van der Waals surface area contributed by atoms with Gasteiger partial charge in [-0.25, -0.2) is 0 Å². The molecular weight excluding hydrogens is 476 g/mol. The number of halogens is 1. The number of likely N-dealkylation sites (N-methyl/N-ethyl adjacent to an activating group) is 1. The van der Waals surface area contributed by atoms with E-state index in [4.69, 9.17) is 16.3 Å². The van der Waals surface area contributed by atoms with Crippen LogP contribution < -0.4 is 10.1 Å². The largest absolute Gasteiger partial charge is 0.484 e. The van der Waals surface area contributed by atoms with E-state index >= 15 is 0 Å². The first-order valence-corrected chi connectivity index (χ1v) is 12.4. The monoisotopic (exact) mass is 506 g/mol. The molecule has 0 saturated carbocycles. The highest BCUT2D eigenvalue weighted by Crippen LogP contribution is 2.36. The normalized spacial score (nSPS) is 17.5. The number of fused-ring (bicyclic) bond motifs is 1. The number of nitrogens with zero attached hydrogens (tertiary/aromatic N) is 3. The highest BCUT2D eigenvalue weighted by Gasteiger charge is 2.38. The lowest BCUT2D eigenvalue weighted by molar-refractivity contribution is 0.0374. The molecule has 3 aromatic rings. The van der Waals surface area contributed by atoms with Gasteiger partial charge in [-0.2, -0.15) is 0 Å². The third-order valence-electron chi connectivity index (χ3n) is 6.33. The van der Waals surface area contributed by atoms with Crippen LogP contribution in [0.3, 0.4) is 0 Å². The van der Waals surface area contributed by atoms with E-state index in [0.717, 1.165) is 5.56 Å². The molecule has 0 radical (unpaired) electrons. The van der Waals surface area contributed by atoms with Crippen LogP contribution in [0.4, 0.5) is 5.69 Å². The summed E-state index contributed by atoms with van der Waals surface area (Å²) < 4.78 is 6.56. The number of carbonyl (C=O) groups excluding carboxylic acids is 2. The Morgan fingerprint density at radius 3 is 2.50 bits per heavy atom. The summed E-state index contributed by atoms with van der Waals surface area (Å²) in [7, 11) is 2.02. The van der Waals surface area contributed by atoms with Crippen molar-refractivity contribution in [1.29, 1.82) is 0 Å². The second-order valence-corrected chi connectivity index (χ2v) is 9.84. The summed E-state index contributed by atoms with van der Waals surface area (Å²) in [4.78, 5) is 34.5. The Bertz CT molecular complexity index is 1220. The topological polar surface area (TPSA) is 74.8 Å². The number of ether oxygens (including phenoxy) is 1. The number of para-hydroxylation sites is 1. The van der Waals surface area contributed by atoms with Gasteiger partial charge in [0.1, 0.15) is 6.10 Å². The first-order valence-electron chi connectivity index (χ1n) is 12.0. The fourth-order valence-electron chi connectivity index (χ4n) is 4.55. The molecule has 0 saturated heterocycles. The lowest BCUT2D eigenvalue weighted by atomic mass is 10.1. The number of nitrogens with one attached hydrogen (secondary N) is 1. The Kier molecular flexibility index (Phi) is 7.91. The van der Waals surface area contributed by atoms with Crippen molar-refractivity contribution in [3.8, 4) is 5.75 Å². The van der Waals surface area contributed by atoms with Gasteiger partial charge in [0.2, 0.25) is 0 Å². The van der Waals surface area contributed by atoms with Crippen molar-refractivity contribution in [3.05, 3.63) is 88.7 Å². The number of hydrogen-bond acceptors (Lipinski definition) is 5. The fourth-order valence-corrected chi connectivity index (χ4v) is 4.68. The first-order chi connectivity index (χ1) is 17.2. The summed E-state index contributed by atoms with van der Waals surface area (Å²) >= 11 is 6.03. The van der Waals surface area contributed by atoms with Gasteiger partial charge in [-0.15, -0.1) is 0 Å². The van der Waals surface area contributed by atoms with E-state index in [1.54, 1.807) is 42.7 Å². The van der Waals surface area contributed by atoms with Crippen molar-refractivity contribution in [2.45, 2.75) is 45.5 Å². The van der Waals surface area contributed by atoms with Gasteiger partial charge in [-0.1, -0.05) is 29.8 Å². The van der Waals surface area contributed by atoms with Gasteiger partial charge in [0.25, 0.3) is 11.8 Å². The molecule has 2 atom stereocenters. The smallest absolute Gasteiger partial charge is 0.258 e. The van der Waals surface area contributed by atoms with Gasteiger partial charge < -0.3 is 15.0 Å². The molecule has 1 aliphatic heterocycles. The Labute approximate surface area is 217 Å². The van der Waals surface area contributed by atoms with Gasteiger partial charge in [0, 0.05) is 42.1 Å². The number of benzene rings is 2. The Morgan fingerprint density at radius 2 is 1.83 bits per heavy atom. The standard InChI is InChI=1S/C28H31ClN4O3/c1-18(2)33-19(3)25(17-32(4)16-20-8-10-22(29)11-9-20)36-26-23(28(33)35)6-5-7-24(26)31-27(34)21-12-14-30-15-13-21/h5-15,18-19,25H,16-17H2,1-4H3,(H,31,34)/t19-,25?/m1/s1. The van der Waals surface area contributed by atoms with E-state index in [-0.39, 0.29) is 30.0 Å². The average molecular weight is 507 g/mol. The zero-order valence-electron chi connectivity index (χ0n) is 20.9. The first kappa shape index (κ1) is 25.7. The highest BCUT2D eigenvalue weighted by atomic mass is 35.5. The molecule has 0 aliphatic carbocycles. The third kappa shape index (κ3) is 5.69. The third-order valence-corrected chi connectivity index (χ3v) is 6.58. The zero-order chi connectivity index (χ0) is 25.8. The molecule has 1 unspecified atom stereocenters. The van der Waals surface area contributed by atoms with E-state index in [9.17, 15) is 9.59 Å². The van der Waals surface area contributed by atoms with Crippen LogP contribution in [0, 0.1) is 0 Å². The van der Waals surface area contributed by atoms with Crippen LogP contribution in [-0.2, 0) is 6.54 Å². The number of hydrogen-bond donors (Lipinski definition) is 1. The predicted molar refractivity (Wildman–Crippen MR) is 142 cm³/mol. The van der Waals surface area contributed by atoms with Crippen LogP contribution in [0.2, 0.25) is 5.02 Å². The second kappa shape index (κ2) is 11.1. The molecule has 0 fully saturated rings. The van der Waals surface area contributed by atoms with E-state index in [0.29, 0.717) is 40.7 Å². The van der Waals surface area contributed by atoms with Crippen molar-refractivity contribution in [2.24, 2.45) is 0 Å². The number of rotatable bonds is 7. The molecule has 1 aliphatic rings. The molecule has 36 heavy (non-hydrogen) atoms. The summed E-state index contributed by atoms with van der Waals surface area (Å²) in [5.74, 6) is -0.0172. The zero-order valence-corrected chi connectivity index (χ0v) is 21.7. The summed E-state index contributed by atoms with van der Waals surface area (Å²) in [5, 5.41) is 3.62. The van der Waals surface area contributed by atoms with Crippen molar-refractivity contribution >= 4 is 29.1 Å². The van der Waals surface area contributed by atoms with Crippen molar-refractivity contribution in [1.82, 2.24) is 14.8 Å². The van der Waals surface area contributed by atoms with Crippen molar-refractivity contribution in [2.75, 3.05) is 18.9 Å². The molecule has 8 heteroatoms. The molecular formula is C28H31ClN4O3. The summed E-state index contributed by atoms with van der Waals surface area (Å²) in [6, 6.07) is 16.1. The van der Waals surface area contributed by atoms with E-state index in [2.05, 4.69) is 15.2 Å². The van der Waals surface area contributed by atoms with Crippen molar-refractivity contribution < 1.29 is 14.3 Å². The minimum Gasteiger partial charge on any atom is -0.484 e. The molecule has 0 bridgehead atoms. The molecule has 1 N–H and O–H groups in total. The molecule has 7 nitrogen and oxygen atoms in total. The van der Waals surface area contributed by atoms with Crippen LogP contribution in [0.5, 0.6) is 5.75 Å². The summed E-state index contributed by atoms with van der Waals surface area (Å²) in [5.41, 5.74) is 2.50. The summed E-state index contributed by atoms with van der Waals surface area (Å²) in [6.07, 6.45) is 2.80. The Hall–Kier alpha value is -3.42. The number of aromatic nitrogens is 1. The molecule has 2 heterocycles.